The number of rotatable bonds is 5. The number of amides is 1. The zero-order chi connectivity index (χ0) is 22.9. The molecule has 4 rings (SSSR count). The molecule has 0 unspecified atom stereocenters. The lowest BCUT2D eigenvalue weighted by Crippen LogP contribution is -2.23. The summed E-state index contributed by atoms with van der Waals surface area (Å²) in [7, 11) is -4.18. The number of nitrogens with one attached hydrogen (secondary N) is 1. The van der Waals surface area contributed by atoms with Crippen molar-refractivity contribution in [2.75, 3.05) is 0 Å². The summed E-state index contributed by atoms with van der Waals surface area (Å²) in [6.07, 6.45) is 0.611. The van der Waals surface area contributed by atoms with Crippen molar-refractivity contribution in [3.63, 3.8) is 0 Å². The zero-order valence-electron chi connectivity index (χ0n) is 16.4. The highest BCUT2D eigenvalue weighted by molar-refractivity contribution is 7.91. The lowest BCUT2D eigenvalue weighted by Gasteiger charge is -2.10. The molecular weight excluding hydrogens is 443 g/mol. The highest BCUT2D eigenvalue weighted by Crippen LogP contribution is 2.32. The number of aromatic nitrogens is 2. The summed E-state index contributed by atoms with van der Waals surface area (Å²) >= 11 is 0. The topological polar surface area (TPSA) is 80.5 Å². The van der Waals surface area contributed by atoms with Gasteiger partial charge in [0.25, 0.3) is 5.91 Å². The van der Waals surface area contributed by atoms with Crippen LogP contribution in [-0.2, 0) is 22.6 Å². The molecule has 0 aliphatic heterocycles. The van der Waals surface area contributed by atoms with Crippen LogP contribution >= 0.6 is 0 Å². The van der Waals surface area contributed by atoms with E-state index in [4.69, 9.17) is 0 Å². The molecule has 0 saturated carbocycles. The van der Waals surface area contributed by atoms with Gasteiger partial charge in [-0.3, -0.25) is 4.79 Å². The number of pyridine rings is 1. The van der Waals surface area contributed by atoms with E-state index in [0.29, 0.717) is 6.07 Å². The number of sulfone groups is 1. The van der Waals surface area contributed by atoms with Gasteiger partial charge in [-0.2, -0.15) is 13.2 Å². The quantitative estimate of drug-likeness (QED) is 0.487. The second-order valence-electron chi connectivity index (χ2n) is 6.97. The van der Waals surface area contributed by atoms with Gasteiger partial charge in [-0.05, 0) is 54.1 Å². The first kappa shape index (κ1) is 21.6. The monoisotopic (exact) mass is 459 g/mol. The second-order valence-corrected chi connectivity index (χ2v) is 8.92. The molecule has 1 amide bonds. The van der Waals surface area contributed by atoms with Crippen LogP contribution in [0.2, 0.25) is 0 Å². The van der Waals surface area contributed by atoms with E-state index in [2.05, 4.69) is 10.3 Å². The molecule has 0 radical (unpaired) electrons. The SMILES string of the molecule is O=C(NCc1ccc2nccn2c1)c1ccc(S(=O)(=O)c2cccc(C(F)(F)F)c2)cc1. The maximum atomic E-state index is 12.9. The molecule has 2 heterocycles. The van der Waals surface area contributed by atoms with Gasteiger partial charge in [0.2, 0.25) is 9.84 Å². The van der Waals surface area contributed by atoms with E-state index in [1.54, 1.807) is 12.4 Å². The number of carbonyl (C=O) groups is 1. The van der Waals surface area contributed by atoms with E-state index in [1.807, 2.05) is 22.7 Å². The lowest BCUT2D eigenvalue weighted by molar-refractivity contribution is -0.137. The molecule has 6 nitrogen and oxygen atoms in total. The normalized spacial score (nSPS) is 12.1. The number of halogens is 3. The Morgan fingerprint density at radius 2 is 1.75 bits per heavy atom. The van der Waals surface area contributed by atoms with Gasteiger partial charge in [0.1, 0.15) is 5.65 Å². The molecule has 32 heavy (non-hydrogen) atoms. The minimum atomic E-state index is -4.66. The summed E-state index contributed by atoms with van der Waals surface area (Å²) < 4.78 is 66.0. The summed E-state index contributed by atoms with van der Waals surface area (Å²) in [5.74, 6) is -0.418. The molecular formula is C22H16F3N3O3S. The summed E-state index contributed by atoms with van der Waals surface area (Å²) in [4.78, 5) is 15.9. The molecule has 0 aliphatic carbocycles. The van der Waals surface area contributed by atoms with Gasteiger partial charge >= 0.3 is 6.18 Å². The van der Waals surface area contributed by atoms with E-state index in [9.17, 15) is 26.4 Å². The number of hydrogen-bond donors (Lipinski definition) is 1. The average molecular weight is 459 g/mol. The third-order valence-corrected chi connectivity index (χ3v) is 6.57. The zero-order valence-corrected chi connectivity index (χ0v) is 17.2. The predicted octanol–water partition coefficient (Wildman–Crippen LogP) is 4.12. The smallest absolute Gasteiger partial charge is 0.348 e. The number of fused-ring (bicyclic) bond motifs is 1. The van der Waals surface area contributed by atoms with Crippen LogP contribution in [0, 0.1) is 0 Å². The Hall–Kier alpha value is -3.66. The second kappa shape index (κ2) is 8.12. The van der Waals surface area contributed by atoms with Crippen LogP contribution in [0.5, 0.6) is 0 Å². The Balaban J connectivity index is 1.48. The highest BCUT2D eigenvalue weighted by atomic mass is 32.2. The van der Waals surface area contributed by atoms with E-state index < -0.39 is 32.4 Å². The van der Waals surface area contributed by atoms with E-state index in [0.717, 1.165) is 29.4 Å². The highest BCUT2D eigenvalue weighted by Gasteiger charge is 2.32. The number of nitrogens with zero attached hydrogens (tertiary/aromatic N) is 2. The average Bonchev–Trinajstić information content (AvgIpc) is 3.25. The molecule has 10 heteroatoms. The third kappa shape index (κ3) is 4.35. The first-order valence-electron chi connectivity index (χ1n) is 9.37. The molecule has 0 spiro atoms. The molecule has 164 valence electrons. The Labute approximate surface area is 181 Å². The fourth-order valence-electron chi connectivity index (χ4n) is 3.12. The Kier molecular flexibility index (Phi) is 5.47. The minimum absolute atomic E-state index is 0.209. The molecule has 1 N–H and O–H groups in total. The summed E-state index contributed by atoms with van der Waals surface area (Å²) in [6.45, 7) is 0.247. The number of imidazole rings is 1. The van der Waals surface area contributed by atoms with Crippen LogP contribution in [0.15, 0.2) is 89.0 Å². The van der Waals surface area contributed by atoms with E-state index in [-0.39, 0.29) is 17.0 Å². The van der Waals surface area contributed by atoms with Crippen LogP contribution in [0.1, 0.15) is 21.5 Å². The number of alkyl halides is 3. The number of carbonyl (C=O) groups excluding carboxylic acids is 1. The van der Waals surface area contributed by atoms with Crippen molar-refractivity contribution in [3.8, 4) is 0 Å². The molecule has 0 aliphatic rings. The fraction of sp³-hybridized carbons (Fsp3) is 0.0909. The fourth-order valence-corrected chi connectivity index (χ4v) is 4.42. The van der Waals surface area contributed by atoms with Crippen molar-refractivity contribution in [3.05, 3.63) is 95.9 Å². The standard InChI is InChI=1S/C22H16F3N3O3S/c23-22(24,25)17-2-1-3-19(12-17)32(30,31)18-7-5-16(6-8-18)21(29)27-13-15-4-9-20-26-10-11-28(20)14-15/h1-12,14H,13H2,(H,27,29). The van der Waals surface area contributed by atoms with Crippen molar-refractivity contribution in [2.24, 2.45) is 0 Å². The van der Waals surface area contributed by atoms with Crippen molar-refractivity contribution in [1.29, 1.82) is 0 Å². The lowest BCUT2D eigenvalue weighted by atomic mass is 10.2. The van der Waals surface area contributed by atoms with Gasteiger partial charge < -0.3 is 9.72 Å². The van der Waals surface area contributed by atoms with Crippen LogP contribution in [0.25, 0.3) is 5.65 Å². The maximum absolute atomic E-state index is 12.9. The number of hydrogen-bond acceptors (Lipinski definition) is 4. The summed E-state index contributed by atoms with van der Waals surface area (Å²) in [5, 5.41) is 2.74. The number of benzene rings is 2. The van der Waals surface area contributed by atoms with Crippen molar-refractivity contribution in [1.82, 2.24) is 14.7 Å². The van der Waals surface area contributed by atoms with Crippen molar-refractivity contribution >= 4 is 21.4 Å². The minimum Gasteiger partial charge on any atom is -0.348 e. The molecule has 2 aromatic heterocycles. The van der Waals surface area contributed by atoms with Gasteiger partial charge in [0.15, 0.2) is 0 Å². The molecule has 4 aromatic rings. The van der Waals surface area contributed by atoms with Gasteiger partial charge in [-0.1, -0.05) is 12.1 Å². The Bertz CT molecular complexity index is 1400. The molecule has 2 aromatic carbocycles. The Morgan fingerprint density at radius 1 is 1.00 bits per heavy atom. The first-order chi connectivity index (χ1) is 15.1. The largest absolute Gasteiger partial charge is 0.416 e. The van der Waals surface area contributed by atoms with E-state index >= 15 is 0 Å². The van der Waals surface area contributed by atoms with Crippen molar-refractivity contribution in [2.45, 2.75) is 22.5 Å². The van der Waals surface area contributed by atoms with E-state index in [1.165, 1.54) is 24.3 Å². The third-order valence-electron chi connectivity index (χ3n) is 4.80. The molecule has 0 fully saturated rings. The Morgan fingerprint density at radius 3 is 2.47 bits per heavy atom. The van der Waals surface area contributed by atoms with Crippen molar-refractivity contribution < 1.29 is 26.4 Å². The molecule has 0 saturated heterocycles. The molecule has 0 atom stereocenters. The van der Waals surface area contributed by atoms with Gasteiger partial charge in [-0.15, -0.1) is 0 Å². The molecule has 0 bridgehead atoms. The summed E-state index contributed by atoms with van der Waals surface area (Å²) in [6, 6.07) is 12.2. The predicted molar refractivity (Wildman–Crippen MR) is 110 cm³/mol. The summed E-state index contributed by atoms with van der Waals surface area (Å²) in [5.41, 5.74) is 0.783. The van der Waals surface area contributed by atoms with Crippen LogP contribution in [0.4, 0.5) is 13.2 Å². The maximum Gasteiger partial charge on any atom is 0.416 e. The first-order valence-corrected chi connectivity index (χ1v) is 10.9. The van der Waals surface area contributed by atoms with Gasteiger partial charge in [0.05, 0.1) is 15.4 Å². The van der Waals surface area contributed by atoms with Gasteiger partial charge in [-0.25, -0.2) is 13.4 Å². The van der Waals surface area contributed by atoms with Crippen LogP contribution in [-0.4, -0.2) is 23.7 Å². The van der Waals surface area contributed by atoms with Crippen LogP contribution < -0.4 is 5.32 Å². The van der Waals surface area contributed by atoms with Crippen LogP contribution in [0.3, 0.4) is 0 Å². The van der Waals surface area contributed by atoms with Gasteiger partial charge in [0, 0.05) is 30.7 Å².